The average Bonchev–Trinajstić information content (AvgIpc) is 2.39. The second-order valence-electron chi connectivity index (χ2n) is 8.53. The number of aliphatic carboxylic acids is 4. The molecule has 6 unspecified atom stereocenters. The van der Waals surface area contributed by atoms with Crippen LogP contribution in [0.1, 0.15) is 40.5 Å². The van der Waals surface area contributed by atoms with Gasteiger partial charge in [-0.2, -0.15) is 0 Å². The molecule has 0 heterocycles. The molecule has 140 valence electrons. The van der Waals surface area contributed by atoms with Gasteiger partial charge in [0, 0.05) is 0 Å². The summed E-state index contributed by atoms with van der Waals surface area (Å²) in [5, 5.41) is 38.5. The van der Waals surface area contributed by atoms with Gasteiger partial charge in [0.05, 0.1) is 23.2 Å². The van der Waals surface area contributed by atoms with E-state index in [2.05, 4.69) is 0 Å². The summed E-state index contributed by atoms with van der Waals surface area (Å²) in [5.74, 6) is -9.55. The Kier molecular flexibility index (Phi) is 4.18. The van der Waals surface area contributed by atoms with Gasteiger partial charge in [-0.25, -0.2) is 0 Å². The summed E-state index contributed by atoms with van der Waals surface area (Å²) in [6.07, 6.45) is -0.317. The Hall–Kier alpha value is -2.12. The van der Waals surface area contributed by atoms with Crippen molar-refractivity contribution in [2.24, 2.45) is 39.9 Å². The summed E-state index contributed by atoms with van der Waals surface area (Å²) >= 11 is 0. The minimum absolute atomic E-state index is 0.148. The van der Waals surface area contributed by atoms with Crippen LogP contribution in [0, 0.1) is 39.9 Å². The Morgan fingerprint density at radius 2 is 1.36 bits per heavy atom. The maximum Gasteiger partial charge on any atom is 0.311 e. The molecule has 0 aromatic heterocycles. The van der Waals surface area contributed by atoms with E-state index in [0.717, 1.165) is 0 Å². The first kappa shape index (κ1) is 19.2. The lowest BCUT2D eigenvalue weighted by Gasteiger charge is -2.71. The van der Waals surface area contributed by atoms with Crippen LogP contribution in [0.15, 0.2) is 0 Å². The van der Waals surface area contributed by atoms with Gasteiger partial charge in [-0.3, -0.25) is 19.2 Å². The maximum atomic E-state index is 12.3. The predicted molar refractivity (Wildman–Crippen MR) is 83.7 cm³/mol. The molecular weight excluding hydrogens is 332 g/mol. The quantitative estimate of drug-likeness (QED) is 0.594. The summed E-state index contributed by atoms with van der Waals surface area (Å²) in [5.41, 5.74) is -3.74. The molecule has 8 nitrogen and oxygen atoms in total. The van der Waals surface area contributed by atoms with Gasteiger partial charge >= 0.3 is 23.9 Å². The summed E-state index contributed by atoms with van der Waals surface area (Å²) in [7, 11) is 0. The molecule has 2 rings (SSSR count). The summed E-state index contributed by atoms with van der Waals surface area (Å²) in [6, 6.07) is 0. The zero-order valence-corrected chi connectivity index (χ0v) is 14.6. The van der Waals surface area contributed by atoms with Crippen molar-refractivity contribution in [3.63, 3.8) is 0 Å². The molecule has 0 spiro atoms. The molecule has 2 saturated carbocycles. The van der Waals surface area contributed by atoms with Crippen molar-refractivity contribution < 1.29 is 39.6 Å². The molecule has 2 aliphatic rings. The molecule has 0 aromatic rings. The van der Waals surface area contributed by atoms with Crippen molar-refractivity contribution in [1.82, 2.24) is 0 Å². The van der Waals surface area contributed by atoms with Crippen LogP contribution >= 0.6 is 0 Å². The molecule has 4 N–H and O–H groups in total. The lowest BCUT2D eigenvalue weighted by Crippen LogP contribution is -2.76. The first-order valence-corrected chi connectivity index (χ1v) is 8.15. The van der Waals surface area contributed by atoms with Crippen LogP contribution in [0.2, 0.25) is 0 Å². The second kappa shape index (κ2) is 5.44. The molecule has 2 fully saturated rings. The van der Waals surface area contributed by atoms with Gasteiger partial charge in [-0.1, -0.05) is 27.7 Å². The first-order valence-electron chi connectivity index (χ1n) is 8.15. The van der Waals surface area contributed by atoms with E-state index in [1.165, 1.54) is 0 Å². The molecular formula is C17H24O8. The smallest absolute Gasteiger partial charge is 0.311 e. The zero-order valence-electron chi connectivity index (χ0n) is 14.6. The molecule has 0 radical (unpaired) electrons. The van der Waals surface area contributed by atoms with Crippen molar-refractivity contribution in [3.05, 3.63) is 0 Å². The van der Waals surface area contributed by atoms with Gasteiger partial charge < -0.3 is 20.4 Å². The largest absolute Gasteiger partial charge is 0.481 e. The van der Waals surface area contributed by atoms with Crippen molar-refractivity contribution >= 4 is 23.9 Å². The molecule has 0 saturated heterocycles. The van der Waals surface area contributed by atoms with Gasteiger partial charge in [0.25, 0.3) is 0 Å². The fourth-order valence-electron chi connectivity index (χ4n) is 5.88. The van der Waals surface area contributed by atoms with E-state index >= 15 is 0 Å². The fourth-order valence-corrected chi connectivity index (χ4v) is 5.88. The number of carbonyl (C=O) groups is 4. The average molecular weight is 356 g/mol. The topological polar surface area (TPSA) is 149 Å². The monoisotopic (exact) mass is 356 g/mol. The Labute approximate surface area is 144 Å². The molecule has 2 aliphatic carbocycles. The first-order chi connectivity index (χ1) is 11.2. The lowest BCUT2D eigenvalue weighted by atomic mass is 9.28. The third kappa shape index (κ3) is 2.19. The predicted octanol–water partition coefficient (Wildman–Crippen LogP) is 1.64. The van der Waals surface area contributed by atoms with Crippen LogP contribution in [-0.4, -0.2) is 44.3 Å². The van der Waals surface area contributed by atoms with Crippen LogP contribution in [0.3, 0.4) is 0 Å². The number of carboxylic acids is 4. The van der Waals surface area contributed by atoms with E-state index in [1.807, 2.05) is 0 Å². The third-order valence-corrected chi connectivity index (χ3v) is 6.65. The molecule has 6 atom stereocenters. The summed E-state index contributed by atoms with van der Waals surface area (Å²) < 4.78 is 0. The fraction of sp³-hybridized carbons (Fsp3) is 0.765. The van der Waals surface area contributed by atoms with E-state index in [4.69, 9.17) is 0 Å². The third-order valence-electron chi connectivity index (χ3n) is 6.65. The Balaban J connectivity index is 2.66. The number of hydrogen-bond donors (Lipinski definition) is 4. The second-order valence-corrected chi connectivity index (χ2v) is 8.53. The molecule has 0 aliphatic heterocycles. The number of fused-ring (bicyclic) bond motifs is 1. The standard InChI is InChI=1S/C17H24O8/c1-15(2,3)17(14(24)25)10(13(22)23)9-5-7(11(18)19)8(12(20)21)6-16(9,17)4/h7-10H,5-6H2,1-4H3,(H,18,19)(H,20,21)(H,22,23)(H,24,25). The van der Waals surface area contributed by atoms with Crippen LogP contribution in [-0.2, 0) is 19.2 Å². The molecule has 25 heavy (non-hydrogen) atoms. The normalized spacial score (nSPS) is 40.5. The highest BCUT2D eigenvalue weighted by molar-refractivity contribution is 5.89. The van der Waals surface area contributed by atoms with Crippen molar-refractivity contribution in [2.45, 2.75) is 40.5 Å². The minimum Gasteiger partial charge on any atom is -0.481 e. The van der Waals surface area contributed by atoms with E-state index in [9.17, 15) is 39.6 Å². The zero-order chi connectivity index (χ0) is 19.5. The Bertz CT molecular complexity index is 648. The highest BCUT2D eigenvalue weighted by atomic mass is 16.4. The van der Waals surface area contributed by atoms with Gasteiger partial charge in [-0.15, -0.1) is 0 Å². The van der Waals surface area contributed by atoms with Crippen molar-refractivity contribution in [3.8, 4) is 0 Å². The SMILES string of the molecule is CC(C)(C)C1(C(=O)O)C(C(=O)O)C2CC(C(=O)O)C(C(=O)O)CC21C. The number of carboxylic acid groups (broad SMARTS) is 4. The van der Waals surface area contributed by atoms with Gasteiger partial charge in [-0.05, 0) is 29.6 Å². The van der Waals surface area contributed by atoms with Crippen molar-refractivity contribution in [1.29, 1.82) is 0 Å². The van der Waals surface area contributed by atoms with E-state index in [1.54, 1.807) is 27.7 Å². The number of rotatable bonds is 4. The van der Waals surface area contributed by atoms with Crippen LogP contribution in [0.4, 0.5) is 0 Å². The van der Waals surface area contributed by atoms with E-state index in [-0.39, 0.29) is 12.8 Å². The van der Waals surface area contributed by atoms with Crippen LogP contribution in [0.5, 0.6) is 0 Å². The van der Waals surface area contributed by atoms with E-state index < -0.39 is 63.8 Å². The summed E-state index contributed by atoms with van der Waals surface area (Å²) in [4.78, 5) is 47.3. The maximum absolute atomic E-state index is 12.3. The highest BCUT2D eigenvalue weighted by Gasteiger charge is 2.81. The Morgan fingerprint density at radius 3 is 1.68 bits per heavy atom. The minimum atomic E-state index is -1.67. The number of hydrogen-bond acceptors (Lipinski definition) is 4. The lowest BCUT2D eigenvalue weighted by molar-refractivity contribution is -0.278. The van der Waals surface area contributed by atoms with Gasteiger partial charge in [0.1, 0.15) is 0 Å². The van der Waals surface area contributed by atoms with E-state index in [0.29, 0.717) is 0 Å². The van der Waals surface area contributed by atoms with Crippen molar-refractivity contribution in [2.75, 3.05) is 0 Å². The van der Waals surface area contributed by atoms with Gasteiger partial charge in [0.15, 0.2) is 0 Å². The molecule has 8 heteroatoms. The Morgan fingerprint density at radius 1 is 0.880 bits per heavy atom. The van der Waals surface area contributed by atoms with Crippen LogP contribution < -0.4 is 0 Å². The summed E-state index contributed by atoms with van der Waals surface area (Å²) in [6.45, 7) is 6.51. The van der Waals surface area contributed by atoms with Gasteiger partial charge in [0.2, 0.25) is 0 Å². The van der Waals surface area contributed by atoms with Crippen LogP contribution in [0.25, 0.3) is 0 Å². The highest BCUT2D eigenvalue weighted by Crippen LogP contribution is 2.76. The molecule has 0 bridgehead atoms. The molecule has 0 aromatic carbocycles. The molecule has 0 amide bonds.